The second-order valence-electron chi connectivity index (χ2n) is 3.55. The summed E-state index contributed by atoms with van der Waals surface area (Å²) in [6, 6.07) is 0. The summed E-state index contributed by atoms with van der Waals surface area (Å²) < 4.78 is 26.5. The standard InChI is InChI=1S/C8H17O4P.C2H4O2/c1-6-10-13(9,11-7(2)3)12-8(4)5;1-2(3)4/h6-8H,1H2,2-5H3;1H3,(H,3,4). The van der Waals surface area contributed by atoms with Gasteiger partial charge in [0.1, 0.15) is 0 Å². The molecule has 7 heteroatoms. The van der Waals surface area contributed by atoms with E-state index in [0.717, 1.165) is 13.2 Å². The third kappa shape index (κ3) is 15.2. The molecule has 0 radical (unpaired) electrons. The Morgan fingerprint density at radius 1 is 1.24 bits per heavy atom. The van der Waals surface area contributed by atoms with Crippen molar-refractivity contribution in [2.45, 2.75) is 46.8 Å². The first-order valence-electron chi connectivity index (χ1n) is 5.08. The largest absolute Gasteiger partial charge is 0.529 e. The maximum Gasteiger partial charge on any atom is 0.529 e. The van der Waals surface area contributed by atoms with E-state index in [1.165, 1.54) is 0 Å². The fourth-order valence-electron chi connectivity index (χ4n) is 0.682. The Morgan fingerprint density at radius 3 is 1.71 bits per heavy atom. The third-order valence-electron chi connectivity index (χ3n) is 0.883. The minimum Gasteiger partial charge on any atom is -0.481 e. The topological polar surface area (TPSA) is 82.1 Å². The van der Waals surface area contributed by atoms with Crippen LogP contribution in [0.5, 0.6) is 0 Å². The number of aliphatic carboxylic acids is 1. The second kappa shape index (κ2) is 9.22. The molecule has 0 heterocycles. The summed E-state index contributed by atoms with van der Waals surface area (Å²) in [6.07, 6.45) is 0.625. The van der Waals surface area contributed by atoms with Crippen LogP contribution in [0.3, 0.4) is 0 Å². The van der Waals surface area contributed by atoms with Crippen LogP contribution in [0, 0.1) is 0 Å². The zero-order valence-electron chi connectivity index (χ0n) is 10.9. The van der Waals surface area contributed by atoms with Gasteiger partial charge in [-0.1, -0.05) is 6.58 Å². The maximum atomic E-state index is 11.7. The van der Waals surface area contributed by atoms with Gasteiger partial charge in [-0.15, -0.1) is 0 Å². The normalized spacial score (nSPS) is 10.8. The van der Waals surface area contributed by atoms with Crippen molar-refractivity contribution in [1.82, 2.24) is 0 Å². The first kappa shape index (κ1) is 18.5. The van der Waals surface area contributed by atoms with E-state index in [9.17, 15) is 4.57 Å². The number of phosphoric acid groups is 1. The van der Waals surface area contributed by atoms with Crippen LogP contribution in [0.4, 0.5) is 0 Å². The Hall–Kier alpha value is -0.840. The molecular weight excluding hydrogens is 247 g/mol. The van der Waals surface area contributed by atoms with Gasteiger partial charge in [-0.25, -0.2) is 4.57 Å². The molecule has 0 saturated heterocycles. The highest BCUT2D eigenvalue weighted by molar-refractivity contribution is 7.48. The molecule has 0 unspecified atom stereocenters. The molecule has 0 bridgehead atoms. The fraction of sp³-hybridized carbons (Fsp3) is 0.700. The Labute approximate surface area is 102 Å². The molecule has 1 N–H and O–H groups in total. The SMILES string of the molecule is C=COP(=O)(OC(C)C)OC(C)C.CC(=O)O. The maximum absolute atomic E-state index is 11.7. The Morgan fingerprint density at radius 2 is 1.53 bits per heavy atom. The minimum absolute atomic E-state index is 0.218. The van der Waals surface area contributed by atoms with Crippen LogP contribution < -0.4 is 0 Å². The van der Waals surface area contributed by atoms with E-state index < -0.39 is 13.8 Å². The number of hydrogen-bond acceptors (Lipinski definition) is 5. The molecule has 0 aromatic heterocycles. The smallest absolute Gasteiger partial charge is 0.481 e. The van der Waals surface area contributed by atoms with E-state index in [2.05, 4.69) is 6.58 Å². The molecule has 0 aromatic carbocycles. The average Bonchev–Trinajstić information content (AvgIpc) is 1.97. The van der Waals surface area contributed by atoms with Gasteiger partial charge in [0.15, 0.2) is 0 Å². The van der Waals surface area contributed by atoms with Gasteiger partial charge in [-0.3, -0.25) is 13.8 Å². The lowest BCUT2D eigenvalue weighted by Crippen LogP contribution is -2.08. The predicted molar refractivity (Wildman–Crippen MR) is 64.6 cm³/mol. The van der Waals surface area contributed by atoms with Crippen LogP contribution >= 0.6 is 7.82 Å². The molecule has 102 valence electrons. The van der Waals surface area contributed by atoms with Crippen molar-refractivity contribution in [3.63, 3.8) is 0 Å². The van der Waals surface area contributed by atoms with Crippen LogP contribution in [-0.4, -0.2) is 23.3 Å². The first-order valence-corrected chi connectivity index (χ1v) is 6.54. The van der Waals surface area contributed by atoms with E-state index in [-0.39, 0.29) is 12.2 Å². The van der Waals surface area contributed by atoms with Crippen molar-refractivity contribution < 1.29 is 28.0 Å². The lowest BCUT2D eigenvalue weighted by atomic mass is 10.5. The summed E-state index contributed by atoms with van der Waals surface area (Å²) in [6.45, 7) is 11.4. The molecule has 0 aliphatic carbocycles. The van der Waals surface area contributed by atoms with E-state index in [1.54, 1.807) is 27.7 Å². The molecule has 0 rings (SSSR count). The highest BCUT2D eigenvalue weighted by Crippen LogP contribution is 2.51. The summed E-state index contributed by atoms with van der Waals surface area (Å²) in [7, 11) is -3.45. The van der Waals surface area contributed by atoms with E-state index in [0.29, 0.717) is 0 Å². The molecule has 0 aliphatic rings. The first-order chi connectivity index (χ1) is 7.63. The van der Waals surface area contributed by atoms with Gasteiger partial charge >= 0.3 is 7.82 Å². The van der Waals surface area contributed by atoms with Gasteiger partial charge < -0.3 is 9.63 Å². The van der Waals surface area contributed by atoms with Gasteiger partial charge in [-0.05, 0) is 27.7 Å². The Balaban J connectivity index is 0. The summed E-state index contributed by atoms with van der Waals surface area (Å²) in [5.41, 5.74) is 0. The molecule has 0 saturated carbocycles. The lowest BCUT2D eigenvalue weighted by Gasteiger charge is -2.20. The van der Waals surface area contributed by atoms with Crippen molar-refractivity contribution in [3.8, 4) is 0 Å². The monoisotopic (exact) mass is 268 g/mol. The lowest BCUT2D eigenvalue weighted by molar-refractivity contribution is -0.134. The highest BCUT2D eigenvalue weighted by atomic mass is 31.2. The van der Waals surface area contributed by atoms with Crippen LogP contribution in [0.2, 0.25) is 0 Å². The van der Waals surface area contributed by atoms with Crippen molar-refractivity contribution in [2.24, 2.45) is 0 Å². The van der Waals surface area contributed by atoms with E-state index >= 15 is 0 Å². The van der Waals surface area contributed by atoms with Gasteiger partial charge in [-0.2, -0.15) is 0 Å². The molecule has 0 spiro atoms. The van der Waals surface area contributed by atoms with Crippen molar-refractivity contribution in [1.29, 1.82) is 0 Å². The summed E-state index contributed by atoms with van der Waals surface area (Å²) in [4.78, 5) is 9.00. The summed E-state index contributed by atoms with van der Waals surface area (Å²) in [5.74, 6) is -0.833. The highest BCUT2D eigenvalue weighted by Gasteiger charge is 2.29. The van der Waals surface area contributed by atoms with Gasteiger partial charge in [0.2, 0.25) is 0 Å². The Kier molecular flexibility index (Phi) is 10.0. The molecule has 0 fully saturated rings. The Bertz CT molecular complexity index is 256. The number of phosphoric ester groups is 1. The number of rotatable bonds is 6. The molecule has 0 amide bonds. The molecule has 0 aliphatic heterocycles. The zero-order chi connectivity index (χ0) is 14.1. The van der Waals surface area contributed by atoms with Crippen LogP contribution in [-0.2, 0) is 22.9 Å². The van der Waals surface area contributed by atoms with Crippen molar-refractivity contribution in [2.75, 3.05) is 0 Å². The summed E-state index contributed by atoms with van der Waals surface area (Å²) >= 11 is 0. The zero-order valence-corrected chi connectivity index (χ0v) is 11.8. The predicted octanol–water partition coefficient (Wildman–Crippen LogP) is 3.20. The molecular formula is C10H21O6P. The van der Waals surface area contributed by atoms with E-state index in [4.69, 9.17) is 23.5 Å². The number of carbonyl (C=O) groups is 1. The summed E-state index contributed by atoms with van der Waals surface area (Å²) in [5, 5.41) is 7.42. The number of carboxylic acids is 1. The van der Waals surface area contributed by atoms with Gasteiger partial charge in [0.25, 0.3) is 5.97 Å². The van der Waals surface area contributed by atoms with Crippen LogP contribution in [0.1, 0.15) is 34.6 Å². The van der Waals surface area contributed by atoms with E-state index in [1.807, 2.05) is 0 Å². The van der Waals surface area contributed by atoms with Gasteiger partial charge in [0, 0.05) is 6.92 Å². The van der Waals surface area contributed by atoms with Crippen molar-refractivity contribution in [3.05, 3.63) is 12.8 Å². The minimum atomic E-state index is -3.45. The average molecular weight is 268 g/mol. The molecule has 0 aromatic rings. The molecule has 17 heavy (non-hydrogen) atoms. The molecule has 0 atom stereocenters. The fourth-order valence-corrected chi connectivity index (χ4v) is 2.05. The van der Waals surface area contributed by atoms with Crippen LogP contribution in [0.15, 0.2) is 12.8 Å². The quantitative estimate of drug-likeness (QED) is 0.588. The van der Waals surface area contributed by atoms with Crippen molar-refractivity contribution >= 4 is 13.8 Å². The number of carboxylic acid groups (broad SMARTS) is 1. The van der Waals surface area contributed by atoms with Gasteiger partial charge in [0.05, 0.1) is 18.5 Å². The molecule has 6 nitrogen and oxygen atoms in total. The third-order valence-corrected chi connectivity index (χ3v) is 2.65. The second-order valence-corrected chi connectivity index (χ2v) is 5.07. The van der Waals surface area contributed by atoms with Crippen LogP contribution in [0.25, 0.3) is 0 Å². The number of hydrogen-bond donors (Lipinski definition) is 1.